The predicted molar refractivity (Wildman–Crippen MR) is 355 cm³/mol. The molecule has 13 rings (SSSR count). The van der Waals surface area contributed by atoms with E-state index in [4.69, 9.17) is 0 Å². The summed E-state index contributed by atoms with van der Waals surface area (Å²) in [4.78, 5) is 8.28. The first-order valence-electron chi connectivity index (χ1n) is 30.2. The number of rotatable bonds is 4. The SMILES string of the molecule is CC(C)(C)c1ccc(N2c3ccc(C(C)(C)C)cc3B3c4ccc5c(sc6ccc(C(C)(C)C)cc65)c4N(c4ccc(C(C)(C)C)cc4-c4ccccc4)c4cc(N5c6ccc(C(C)(C)C)cc6C6(C)CCCCC56C)cc2c43)cc1. The van der Waals surface area contributed by atoms with Crippen molar-refractivity contribution in [3.8, 4) is 11.1 Å². The van der Waals surface area contributed by atoms with Crippen molar-refractivity contribution in [3.63, 3.8) is 0 Å². The summed E-state index contributed by atoms with van der Waals surface area (Å²) in [6.45, 7) is 40.5. The molecular formula is C76H84BN3S. The summed E-state index contributed by atoms with van der Waals surface area (Å²) < 4.78 is 2.67. The van der Waals surface area contributed by atoms with Crippen LogP contribution in [0.3, 0.4) is 0 Å². The zero-order chi connectivity index (χ0) is 57.3. The molecule has 2 atom stereocenters. The predicted octanol–water partition coefficient (Wildman–Crippen LogP) is 20.0. The molecule has 4 heterocycles. The molecule has 3 nitrogen and oxygen atoms in total. The Morgan fingerprint density at radius 3 is 1.62 bits per heavy atom. The van der Waals surface area contributed by atoms with Crippen LogP contribution in [0.1, 0.15) is 177 Å². The fourth-order valence-electron chi connectivity index (χ4n) is 14.7. The van der Waals surface area contributed by atoms with Crippen LogP contribution in [-0.4, -0.2) is 12.3 Å². The molecule has 1 aromatic heterocycles. The Labute approximate surface area is 489 Å². The van der Waals surface area contributed by atoms with E-state index in [1.54, 1.807) is 0 Å². The van der Waals surface area contributed by atoms with Crippen molar-refractivity contribution in [1.29, 1.82) is 0 Å². The quantitative estimate of drug-likeness (QED) is 0.163. The fourth-order valence-corrected chi connectivity index (χ4v) is 15.9. The summed E-state index contributed by atoms with van der Waals surface area (Å²) in [7, 11) is 0. The van der Waals surface area contributed by atoms with Gasteiger partial charge in [-0.05, 0) is 163 Å². The third kappa shape index (κ3) is 8.31. The normalized spacial score (nSPS) is 19.0. The molecule has 412 valence electrons. The van der Waals surface area contributed by atoms with Crippen molar-refractivity contribution < 1.29 is 0 Å². The monoisotopic (exact) mass is 1080 g/mol. The van der Waals surface area contributed by atoms with Crippen LogP contribution in [-0.2, 0) is 32.5 Å². The van der Waals surface area contributed by atoms with Gasteiger partial charge in [-0.1, -0.05) is 215 Å². The third-order valence-corrected chi connectivity index (χ3v) is 21.0. The van der Waals surface area contributed by atoms with Gasteiger partial charge in [0.1, 0.15) is 0 Å². The van der Waals surface area contributed by atoms with Gasteiger partial charge in [0.2, 0.25) is 0 Å². The summed E-state index contributed by atoms with van der Waals surface area (Å²) in [5.41, 5.74) is 24.6. The average Bonchev–Trinajstić information content (AvgIpc) is 4.11. The first kappa shape index (κ1) is 53.7. The van der Waals surface area contributed by atoms with Crippen molar-refractivity contribution in [2.45, 2.75) is 181 Å². The van der Waals surface area contributed by atoms with E-state index in [9.17, 15) is 0 Å². The highest BCUT2D eigenvalue weighted by Gasteiger charge is 2.58. The summed E-state index contributed by atoms with van der Waals surface area (Å²) in [6.07, 6.45) is 4.73. The van der Waals surface area contributed by atoms with Crippen LogP contribution in [0.2, 0.25) is 0 Å². The van der Waals surface area contributed by atoms with Gasteiger partial charge in [0, 0.05) is 60.6 Å². The number of thiophene rings is 1. The largest absolute Gasteiger partial charge is 0.334 e. The Morgan fingerprint density at radius 1 is 0.432 bits per heavy atom. The van der Waals surface area contributed by atoms with Gasteiger partial charge in [0.05, 0.1) is 21.6 Å². The first-order valence-corrected chi connectivity index (χ1v) is 31.1. The Bertz CT molecular complexity index is 4020. The van der Waals surface area contributed by atoms with Crippen molar-refractivity contribution in [3.05, 3.63) is 185 Å². The lowest BCUT2D eigenvalue weighted by Crippen LogP contribution is -2.61. The fraction of sp³-hybridized carbons (Fsp3) is 0.368. The standard InChI is InChI=1S/C76H84BN3S/c1-70(2,3)48-25-31-53(32-26-48)78-63-37-29-52(74(13,14)15)44-60(63)77-59-34-33-55-57-42-50(72(7,8)9)30-38-66(57)81-69(55)68(59)79(61-35-27-49(71(4,5)6)41-56(61)47-23-19-18-20-24-47)65-46-54(45-64(78)67(65)77)80-62-36-28-51(73(10,11)12)43-58(62)75(16)39-21-22-40-76(75,80)17/h18-20,23-38,41-46H,21-22,39-40H2,1-17H3. The number of nitrogens with zero attached hydrogens (tertiary/aromatic N) is 3. The van der Waals surface area contributed by atoms with Gasteiger partial charge >= 0.3 is 0 Å². The Hall–Kier alpha value is -6.56. The van der Waals surface area contributed by atoms with Gasteiger partial charge in [-0.25, -0.2) is 0 Å². The number of benzene rings is 8. The molecule has 0 saturated heterocycles. The minimum Gasteiger partial charge on any atom is -0.334 e. The average molecular weight is 1080 g/mol. The highest BCUT2D eigenvalue weighted by atomic mass is 32.1. The molecule has 0 amide bonds. The van der Waals surface area contributed by atoms with E-state index in [2.05, 4.69) is 284 Å². The molecule has 0 radical (unpaired) electrons. The molecule has 0 bridgehead atoms. The van der Waals surface area contributed by atoms with Crippen LogP contribution < -0.4 is 31.1 Å². The van der Waals surface area contributed by atoms with Gasteiger partial charge in [-0.2, -0.15) is 0 Å². The van der Waals surface area contributed by atoms with Gasteiger partial charge < -0.3 is 14.7 Å². The molecule has 1 fully saturated rings. The van der Waals surface area contributed by atoms with E-state index in [-0.39, 0.29) is 44.7 Å². The van der Waals surface area contributed by atoms with Crippen molar-refractivity contribution in [2.75, 3.05) is 14.7 Å². The second-order valence-corrected chi connectivity index (χ2v) is 31.3. The maximum atomic E-state index is 2.85. The molecular weight excluding hydrogens is 998 g/mol. The van der Waals surface area contributed by atoms with E-state index in [0.717, 1.165) is 12.8 Å². The highest BCUT2D eigenvalue weighted by Crippen LogP contribution is 2.63. The lowest BCUT2D eigenvalue weighted by atomic mass is 9.33. The maximum absolute atomic E-state index is 2.85. The van der Waals surface area contributed by atoms with E-state index in [1.165, 1.54) is 139 Å². The van der Waals surface area contributed by atoms with Crippen LogP contribution in [0, 0.1) is 0 Å². The molecule has 4 aliphatic rings. The molecule has 0 spiro atoms. The van der Waals surface area contributed by atoms with E-state index in [0.29, 0.717) is 0 Å². The second-order valence-electron chi connectivity index (χ2n) is 30.2. The third-order valence-electron chi connectivity index (χ3n) is 19.8. The summed E-state index contributed by atoms with van der Waals surface area (Å²) in [5, 5.41) is 2.67. The second kappa shape index (κ2) is 18.0. The van der Waals surface area contributed by atoms with Gasteiger partial charge in [0.15, 0.2) is 0 Å². The van der Waals surface area contributed by atoms with Crippen LogP contribution in [0.5, 0.6) is 0 Å². The van der Waals surface area contributed by atoms with Crippen LogP contribution >= 0.6 is 11.3 Å². The minimum absolute atomic E-state index is 0.0108. The molecule has 8 aromatic carbocycles. The number of hydrogen-bond donors (Lipinski definition) is 0. The van der Waals surface area contributed by atoms with E-state index < -0.39 is 0 Å². The van der Waals surface area contributed by atoms with Crippen LogP contribution in [0.15, 0.2) is 152 Å². The topological polar surface area (TPSA) is 9.72 Å². The van der Waals surface area contributed by atoms with Crippen molar-refractivity contribution >= 4 is 100 Å². The lowest BCUT2D eigenvalue weighted by Gasteiger charge is -2.51. The molecule has 3 aliphatic heterocycles. The van der Waals surface area contributed by atoms with Gasteiger partial charge in [-0.15, -0.1) is 11.3 Å². The van der Waals surface area contributed by atoms with E-state index in [1.807, 2.05) is 11.3 Å². The minimum atomic E-state index is -0.178. The molecule has 5 heteroatoms. The number of hydrogen-bond acceptors (Lipinski definition) is 4. The van der Waals surface area contributed by atoms with Crippen molar-refractivity contribution in [1.82, 2.24) is 0 Å². The smallest absolute Gasteiger partial charge is 0.252 e. The molecule has 2 unspecified atom stereocenters. The molecule has 9 aromatic rings. The molecule has 81 heavy (non-hydrogen) atoms. The lowest BCUT2D eigenvalue weighted by molar-refractivity contribution is 0.195. The zero-order valence-electron chi connectivity index (χ0n) is 51.6. The Morgan fingerprint density at radius 2 is 0.975 bits per heavy atom. The van der Waals surface area contributed by atoms with Crippen LogP contribution in [0.4, 0.5) is 45.5 Å². The first-order chi connectivity index (χ1) is 38.1. The zero-order valence-corrected chi connectivity index (χ0v) is 52.4. The van der Waals surface area contributed by atoms with E-state index >= 15 is 0 Å². The molecule has 0 N–H and O–H groups in total. The van der Waals surface area contributed by atoms with Gasteiger partial charge in [-0.3, -0.25) is 0 Å². The van der Waals surface area contributed by atoms with Gasteiger partial charge in [0.25, 0.3) is 6.71 Å². The number of anilines is 8. The highest BCUT2D eigenvalue weighted by molar-refractivity contribution is 7.26. The number of fused-ring (bicyclic) bond motifs is 11. The maximum Gasteiger partial charge on any atom is 0.252 e. The Kier molecular flexibility index (Phi) is 11.9. The summed E-state index contributed by atoms with van der Waals surface area (Å²) >= 11 is 1.98. The molecule has 1 aliphatic carbocycles. The Balaban J connectivity index is 1.21. The summed E-state index contributed by atoms with van der Waals surface area (Å²) in [6, 6.07) is 60.9. The molecule has 1 saturated carbocycles. The van der Waals surface area contributed by atoms with Crippen molar-refractivity contribution in [2.24, 2.45) is 0 Å². The summed E-state index contributed by atoms with van der Waals surface area (Å²) in [5.74, 6) is 0. The van der Waals surface area contributed by atoms with Crippen LogP contribution in [0.25, 0.3) is 31.3 Å².